The molecule has 9 heteroatoms. The average Bonchev–Trinajstić information content (AvgIpc) is 2.35. The second kappa shape index (κ2) is 6.45. The first-order chi connectivity index (χ1) is 8.63. The highest BCUT2D eigenvalue weighted by molar-refractivity contribution is 5.85. The molecule has 0 aliphatic rings. The molecule has 0 unspecified atom stereocenters. The van der Waals surface area contributed by atoms with Crippen molar-refractivity contribution < 1.29 is 31.4 Å². The lowest BCUT2D eigenvalue weighted by molar-refractivity contribution is -0.291. The topological polar surface area (TPSA) is 44.5 Å². The van der Waals surface area contributed by atoms with Crippen LogP contribution in [0, 0.1) is 0 Å². The maximum absolute atomic E-state index is 13.1. The predicted octanol–water partition coefficient (Wildman–Crippen LogP) is 3.32. The molecule has 0 spiro atoms. The van der Waals surface area contributed by atoms with Crippen LogP contribution in [-0.4, -0.2) is 26.3 Å². The number of rotatable bonds is 4. The summed E-state index contributed by atoms with van der Waals surface area (Å²) in [6.07, 6.45) is -5.73. The number of benzene rings is 1. The summed E-state index contributed by atoms with van der Waals surface area (Å²) in [7, 11) is 2.48. The van der Waals surface area contributed by atoms with Crippen LogP contribution in [0.25, 0.3) is 0 Å². The van der Waals surface area contributed by atoms with Gasteiger partial charge >= 0.3 is 12.1 Å². The van der Waals surface area contributed by atoms with Crippen molar-refractivity contribution in [3.63, 3.8) is 0 Å². The van der Waals surface area contributed by atoms with Crippen LogP contribution >= 0.6 is 12.4 Å². The van der Waals surface area contributed by atoms with Gasteiger partial charge in [0.15, 0.2) is 0 Å². The second-order valence-corrected chi connectivity index (χ2v) is 3.74. The summed E-state index contributed by atoms with van der Waals surface area (Å²) < 4.78 is 72.6. The fourth-order valence-corrected chi connectivity index (χ4v) is 1.39. The number of hydrogen-bond acceptors (Lipinski definition) is 3. The Bertz CT molecular complexity index is 431. The van der Waals surface area contributed by atoms with Gasteiger partial charge in [0.2, 0.25) is 0 Å². The highest BCUT2D eigenvalue weighted by Gasteiger charge is 2.61. The van der Waals surface area contributed by atoms with Crippen molar-refractivity contribution >= 4 is 12.4 Å². The Morgan fingerprint density at radius 2 is 1.35 bits per heavy atom. The third-order valence-electron chi connectivity index (χ3n) is 2.50. The third kappa shape index (κ3) is 3.63. The summed E-state index contributed by atoms with van der Waals surface area (Å²) in [5.74, 6) is -4.91. The SMILES string of the molecule is COc1cc(OC)cc([C@H](N)C(F)(F)C(F)(F)F)c1.Cl. The fraction of sp³-hybridized carbons (Fsp3) is 0.455. The van der Waals surface area contributed by atoms with E-state index in [2.05, 4.69) is 0 Å². The Morgan fingerprint density at radius 3 is 1.65 bits per heavy atom. The van der Waals surface area contributed by atoms with Gasteiger partial charge in [-0.15, -0.1) is 12.4 Å². The molecule has 1 aromatic carbocycles. The second-order valence-electron chi connectivity index (χ2n) is 3.74. The van der Waals surface area contributed by atoms with Crippen LogP contribution in [0.5, 0.6) is 11.5 Å². The van der Waals surface area contributed by atoms with E-state index in [9.17, 15) is 22.0 Å². The molecule has 3 nitrogen and oxygen atoms in total. The van der Waals surface area contributed by atoms with Gasteiger partial charge in [-0.2, -0.15) is 22.0 Å². The maximum atomic E-state index is 13.1. The Morgan fingerprint density at radius 1 is 0.950 bits per heavy atom. The number of nitrogens with two attached hydrogens (primary N) is 1. The lowest BCUT2D eigenvalue weighted by Gasteiger charge is -2.26. The number of methoxy groups -OCH3 is 2. The number of hydrogen-bond donors (Lipinski definition) is 1. The Balaban J connectivity index is 0.00000361. The molecule has 0 aliphatic heterocycles. The first-order valence-corrected chi connectivity index (χ1v) is 5.06. The number of alkyl halides is 5. The lowest BCUT2D eigenvalue weighted by atomic mass is 10.0. The molecule has 0 radical (unpaired) electrons. The van der Waals surface area contributed by atoms with Crippen LogP contribution in [0.1, 0.15) is 11.6 Å². The molecule has 0 aromatic heterocycles. The summed E-state index contributed by atoms with van der Waals surface area (Å²) >= 11 is 0. The molecule has 0 aliphatic carbocycles. The van der Waals surface area contributed by atoms with Crippen LogP contribution in [0.15, 0.2) is 18.2 Å². The molecular formula is C11H13ClF5NO2. The summed E-state index contributed by atoms with van der Waals surface area (Å²) in [6.45, 7) is 0. The summed E-state index contributed by atoms with van der Waals surface area (Å²) in [6, 6.07) is 0.804. The molecule has 0 saturated carbocycles. The van der Waals surface area contributed by atoms with E-state index in [0.717, 1.165) is 12.1 Å². The van der Waals surface area contributed by atoms with Gasteiger partial charge in [-0.1, -0.05) is 0 Å². The highest BCUT2D eigenvalue weighted by atomic mass is 35.5. The molecule has 0 bridgehead atoms. The van der Waals surface area contributed by atoms with Crippen LogP contribution < -0.4 is 15.2 Å². The van der Waals surface area contributed by atoms with E-state index in [0.29, 0.717) is 0 Å². The van der Waals surface area contributed by atoms with Gasteiger partial charge in [-0.25, -0.2) is 0 Å². The molecule has 116 valence electrons. The zero-order chi connectivity index (χ0) is 14.8. The normalized spacial score (nSPS) is 13.4. The van der Waals surface area contributed by atoms with Gasteiger partial charge < -0.3 is 15.2 Å². The summed E-state index contributed by atoms with van der Waals surface area (Å²) in [4.78, 5) is 0. The van der Waals surface area contributed by atoms with Crippen LogP contribution in [0.2, 0.25) is 0 Å². The monoisotopic (exact) mass is 321 g/mol. The van der Waals surface area contributed by atoms with Gasteiger partial charge in [0, 0.05) is 6.07 Å². The molecule has 20 heavy (non-hydrogen) atoms. The van der Waals surface area contributed by atoms with Crippen LogP contribution in [0.4, 0.5) is 22.0 Å². The molecule has 1 rings (SSSR count). The smallest absolute Gasteiger partial charge is 0.455 e. The zero-order valence-corrected chi connectivity index (χ0v) is 11.3. The van der Waals surface area contributed by atoms with E-state index in [4.69, 9.17) is 15.2 Å². The molecule has 0 saturated heterocycles. The van der Waals surface area contributed by atoms with Crippen molar-refractivity contribution in [2.24, 2.45) is 5.73 Å². The molecular weight excluding hydrogens is 309 g/mol. The Labute approximate surface area is 118 Å². The predicted molar refractivity (Wildman–Crippen MR) is 64.7 cm³/mol. The third-order valence-corrected chi connectivity index (χ3v) is 2.50. The Kier molecular flexibility index (Phi) is 6.03. The number of ether oxygens (including phenoxy) is 2. The molecule has 0 heterocycles. The quantitative estimate of drug-likeness (QED) is 0.865. The van der Waals surface area contributed by atoms with Gasteiger partial charge in [0.25, 0.3) is 0 Å². The van der Waals surface area contributed by atoms with Crippen LogP contribution in [-0.2, 0) is 0 Å². The molecule has 0 amide bonds. The van der Waals surface area contributed by atoms with E-state index in [1.54, 1.807) is 0 Å². The van der Waals surface area contributed by atoms with Crippen molar-refractivity contribution in [1.82, 2.24) is 0 Å². The largest absolute Gasteiger partial charge is 0.497 e. The van der Waals surface area contributed by atoms with Crippen molar-refractivity contribution in [2.45, 2.75) is 18.1 Å². The minimum Gasteiger partial charge on any atom is -0.497 e. The van der Waals surface area contributed by atoms with E-state index >= 15 is 0 Å². The zero-order valence-electron chi connectivity index (χ0n) is 10.5. The van der Waals surface area contributed by atoms with Crippen molar-refractivity contribution in [3.05, 3.63) is 23.8 Å². The minimum atomic E-state index is -5.73. The van der Waals surface area contributed by atoms with Crippen molar-refractivity contribution in [2.75, 3.05) is 14.2 Å². The van der Waals surface area contributed by atoms with Gasteiger partial charge in [-0.05, 0) is 17.7 Å². The van der Waals surface area contributed by atoms with Gasteiger partial charge in [-0.3, -0.25) is 0 Å². The summed E-state index contributed by atoms with van der Waals surface area (Å²) in [5, 5.41) is 0. The lowest BCUT2D eigenvalue weighted by Crippen LogP contribution is -2.45. The standard InChI is InChI=1S/C11H12F5NO2.ClH/c1-18-7-3-6(4-8(5-7)19-2)9(17)10(12,13)11(14,15)16;/h3-5,9H,17H2,1-2H3;1H/t9-;/m0./s1. The maximum Gasteiger partial charge on any atom is 0.455 e. The highest BCUT2D eigenvalue weighted by Crippen LogP contribution is 2.44. The fourth-order valence-electron chi connectivity index (χ4n) is 1.39. The number of halogens is 6. The van der Waals surface area contributed by atoms with Crippen molar-refractivity contribution in [1.29, 1.82) is 0 Å². The van der Waals surface area contributed by atoms with Crippen molar-refractivity contribution in [3.8, 4) is 11.5 Å². The van der Waals surface area contributed by atoms with Gasteiger partial charge in [0.1, 0.15) is 17.5 Å². The van der Waals surface area contributed by atoms with E-state index in [1.807, 2.05) is 0 Å². The molecule has 1 aromatic rings. The van der Waals surface area contributed by atoms with E-state index in [-0.39, 0.29) is 23.9 Å². The van der Waals surface area contributed by atoms with E-state index < -0.39 is 23.7 Å². The average molecular weight is 322 g/mol. The first-order valence-electron chi connectivity index (χ1n) is 5.06. The summed E-state index contributed by atoms with van der Waals surface area (Å²) in [5.41, 5.74) is 4.59. The molecule has 1 atom stereocenters. The van der Waals surface area contributed by atoms with Crippen LogP contribution in [0.3, 0.4) is 0 Å². The first kappa shape index (κ1) is 18.7. The van der Waals surface area contributed by atoms with E-state index in [1.165, 1.54) is 20.3 Å². The molecule has 0 fully saturated rings. The van der Waals surface area contributed by atoms with Gasteiger partial charge in [0.05, 0.1) is 14.2 Å². The molecule has 2 N–H and O–H groups in total. The Hall–Kier alpha value is -1.28. The minimum absolute atomic E-state index is 0.